The van der Waals surface area contributed by atoms with Gasteiger partial charge in [0.2, 0.25) is 11.8 Å². The zero-order chi connectivity index (χ0) is 34.2. The SMILES string of the molecule is COc1ccc(N2C/C=C\CCC(=O)N(C)[C@@H](C)[C@H](c3ccccc3)OC(=O)[C@H]3[C@@H]4O[C@@]5(C=C4Br)[C@@H]3C(=O)N(CCCO)[C@@H]5C2=O)cc1. The second kappa shape index (κ2) is 13.9. The van der Waals surface area contributed by atoms with Crippen LogP contribution in [0.4, 0.5) is 5.69 Å². The van der Waals surface area contributed by atoms with Crippen LogP contribution in [0.3, 0.4) is 0 Å². The lowest BCUT2D eigenvalue weighted by atomic mass is 9.74. The summed E-state index contributed by atoms with van der Waals surface area (Å²) in [7, 11) is 3.25. The summed E-state index contributed by atoms with van der Waals surface area (Å²) < 4.78 is 18.8. The molecule has 1 spiro atoms. The minimum absolute atomic E-state index is 0.0914. The maximum absolute atomic E-state index is 14.9. The van der Waals surface area contributed by atoms with Crippen LogP contribution in [0.2, 0.25) is 0 Å². The van der Waals surface area contributed by atoms with E-state index < -0.39 is 59.5 Å². The maximum Gasteiger partial charge on any atom is 0.313 e. The van der Waals surface area contributed by atoms with E-state index in [4.69, 9.17) is 14.2 Å². The first-order valence-electron chi connectivity index (χ1n) is 16.2. The third-order valence-electron chi connectivity index (χ3n) is 9.93. The van der Waals surface area contributed by atoms with Crippen molar-refractivity contribution >= 4 is 45.3 Å². The highest BCUT2D eigenvalue weighted by atomic mass is 79.9. The van der Waals surface area contributed by atoms with Crippen LogP contribution in [0.15, 0.2) is 77.3 Å². The van der Waals surface area contributed by atoms with Gasteiger partial charge in [-0.05, 0) is 55.7 Å². The number of aliphatic hydroxyl groups excluding tert-OH is 1. The fourth-order valence-electron chi connectivity index (χ4n) is 7.38. The molecule has 7 atom stereocenters. The number of hydrogen-bond donors (Lipinski definition) is 1. The molecule has 5 bridgehead atoms. The molecule has 2 aromatic carbocycles. The van der Waals surface area contributed by atoms with Crippen molar-refractivity contribution in [3.8, 4) is 5.75 Å². The van der Waals surface area contributed by atoms with Gasteiger partial charge in [-0.1, -0.05) is 58.4 Å². The highest BCUT2D eigenvalue weighted by Gasteiger charge is 2.75. The average molecular weight is 723 g/mol. The van der Waals surface area contributed by atoms with Gasteiger partial charge in [-0.25, -0.2) is 0 Å². The molecule has 2 aromatic rings. The summed E-state index contributed by atoms with van der Waals surface area (Å²) in [6, 6.07) is 14.6. The molecule has 0 aromatic heterocycles. The van der Waals surface area contributed by atoms with Gasteiger partial charge in [0, 0.05) is 43.3 Å². The second-order valence-electron chi connectivity index (χ2n) is 12.6. The van der Waals surface area contributed by atoms with Crippen molar-refractivity contribution < 1.29 is 38.5 Å². The lowest BCUT2D eigenvalue weighted by Crippen LogP contribution is -2.56. The molecular weight excluding hydrogens is 682 g/mol. The van der Waals surface area contributed by atoms with E-state index in [1.807, 2.05) is 49.4 Å². The molecule has 0 aliphatic carbocycles. The smallest absolute Gasteiger partial charge is 0.313 e. The maximum atomic E-state index is 14.9. The van der Waals surface area contributed by atoms with Gasteiger partial charge in [0.05, 0.1) is 19.1 Å². The summed E-state index contributed by atoms with van der Waals surface area (Å²) in [5.74, 6) is -3.08. The molecule has 1 N–H and O–H groups in total. The number of ether oxygens (including phenoxy) is 3. The van der Waals surface area contributed by atoms with Gasteiger partial charge in [0.25, 0.3) is 5.91 Å². The minimum Gasteiger partial charge on any atom is -0.497 e. The molecule has 2 saturated heterocycles. The molecule has 0 radical (unpaired) electrons. The third kappa shape index (κ3) is 5.83. The molecule has 2 fully saturated rings. The Balaban J connectivity index is 1.47. The normalized spacial score (nSPS) is 31.5. The number of likely N-dealkylation sites (N-methyl/N-ethyl adjacent to an activating group) is 1. The van der Waals surface area contributed by atoms with Crippen molar-refractivity contribution in [1.82, 2.24) is 9.80 Å². The van der Waals surface area contributed by atoms with Crippen LogP contribution in [-0.2, 0) is 28.7 Å². The molecular formula is C36H40BrN3O8. The van der Waals surface area contributed by atoms with E-state index in [-0.39, 0.29) is 38.4 Å². The van der Waals surface area contributed by atoms with Crippen LogP contribution >= 0.6 is 15.9 Å². The first kappa shape index (κ1) is 33.9. The number of aliphatic hydroxyl groups is 1. The first-order chi connectivity index (χ1) is 23.1. The van der Waals surface area contributed by atoms with E-state index in [1.165, 1.54) is 4.90 Å². The van der Waals surface area contributed by atoms with Crippen LogP contribution in [0.1, 0.15) is 37.9 Å². The number of fused-ring (bicyclic) bond motifs is 2. The van der Waals surface area contributed by atoms with Crippen LogP contribution in [0.5, 0.6) is 5.75 Å². The Kier molecular flexibility index (Phi) is 9.78. The first-order valence-corrected chi connectivity index (χ1v) is 17.0. The topological polar surface area (TPSA) is 126 Å². The summed E-state index contributed by atoms with van der Waals surface area (Å²) >= 11 is 3.59. The zero-order valence-electron chi connectivity index (χ0n) is 27.2. The molecule has 3 amide bonds. The number of esters is 1. The van der Waals surface area contributed by atoms with Crippen LogP contribution in [0, 0.1) is 11.8 Å². The number of nitrogens with zero attached hydrogens (tertiary/aromatic N) is 3. The van der Waals surface area contributed by atoms with E-state index in [0.717, 1.165) is 0 Å². The molecule has 0 unspecified atom stereocenters. The minimum atomic E-state index is -1.46. The van der Waals surface area contributed by atoms with Crippen LogP contribution in [-0.4, -0.2) is 96.2 Å². The predicted molar refractivity (Wildman–Crippen MR) is 180 cm³/mol. The molecule has 254 valence electrons. The number of rotatable bonds is 6. The number of likely N-dealkylation sites (tertiary alicyclic amines) is 1. The number of carbonyl (C=O) groups is 4. The lowest BCUT2D eigenvalue weighted by Gasteiger charge is -2.36. The van der Waals surface area contributed by atoms with Gasteiger partial charge >= 0.3 is 5.97 Å². The largest absolute Gasteiger partial charge is 0.497 e. The molecule has 6 rings (SSSR count). The summed E-state index contributed by atoms with van der Waals surface area (Å²) in [5, 5.41) is 9.75. The Morgan fingerprint density at radius 1 is 1.00 bits per heavy atom. The average Bonchev–Trinajstić information content (AvgIpc) is 3.69. The van der Waals surface area contributed by atoms with Gasteiger partial charge in [0.15, 0.2) is 0 Å². The van der Waals surface area contributed by atoms with E-state index in [9.17, 15) is 24.3 Å². The van der Waals surface area contributed by atoms with E-state index in [0.29, 0.717) is 27.9 Å². The van der Waals surface area contributed by atoms with Gasteiger partial charge in [0.1, 0.15) is 35.5 Å². The highest BCUT2D eigenvalue weighted by molar-refractivity contribution is 9.11. The Labute approximate surface area is 288 Å². The molecule has 4 heterocycles. The standard InChI is InChI=1S/C36H40BrN3O8/c1-22-30(23-11-6-4-7-12-23)47-35(45)28-29-33(43)40(19-10-20-41)32(36(29)21-26(37)31(28)48-36)34(44)39(24-14-16-25(46-3)17-15-24)18-9-5-8-13-27(42)38(22)2/h4-7,9,11-12,14-17,21-22,28-32,41H,8,10,13,18-20H2,1-3H3/b9-5-/t22-,28+,29-,30+,31+,32+,36-/m0/s1. The number of amides is 3. The van der Waals surface area contributed by atoms with Crippen molar-refractivity contribution in [3.63, 3.8) is 0 Å². The van der Waals surface area contributed by atoms with Gasteiger partial charge in [-0.3, -0.25) is 19.2 Å². The highest BCUT2D eigenvalue weighted by Crippen LogP contribution is 2.59. The Hall–Kier alpha value is -4.00. The Bertz CT molecular complexity index is 1610. The molecule has 0 saturated carbocycles. The van der Waals surface area contributed by atoms with Crippen molar-refractivity contribution in [2.45, 2.75) is 56.1 Å². The van der Waals surface area contributed by atoms with Crippen molar-refractivity contribution in [1.29, 1.82) is 0 Å². The number of hydrogen-bond acceptors (Lipinski definition) is 8. The predicted octanol–water partition coefficient (Wildman–Crippen LogP) is 3.77. The molecule has 4 aliphatic rings. The fraction of sp³-hybridized carbons (Fsp3) is 0.444. The number of methoxy groups -OCH3 is 1. The Morgan fingerprint density at radius 2 is 1.73 bits per heavy atom. The molecule has 48 heavy (non-hydrogen) atoms. The number of carbonyl (C=O) groups excluding carboxylic acids is 4. The van der Waals surface area contributed by atoms with Crippen LogP contribution < -0.4 is 9.64 Å². The third-order valence-corrected chi connectivity index (χ3v) is 10.6. The van der Waals surface area contributed by atoms with Gasteiger partial charge in [-0.15, -0.1) is 0 Å². The van der Waals surface area contributed by atoms with Crippen molar-refractivity contribution in [3.05, 3.63) is 82.9 Å². The number of halogens is 1. The molecule has 12 heteroatoms. The van der Waals surface area contributed by atoms with Crippen molar-refractivity contribution in [2.24, 2.45) is 11.8 Å². The summed E-state index contributed by atoms with van der Waals surface area (Å²) in [4.78, 5) is 61.6. The lowest BCUT2D eigenvalue weighted by molar-refractivity contribution is -0.164. The number of anilines is 1. The fourth-order valence-corrected chi connectivity index (χ4v) is 8.12. The molecule has 4 aliphatic heterocycles. The van der Waals surface area contributed by atoms with Gasteiger partial charge in [-0.2, -0.15) is 0 Å². The quantitative estimate of drug-likeness (QED) is 0.353. The van der Waals surface area contributed by atoms with E-state index in [1.54, 1.807) is 54.3 Å². The van der Waals surface area contributed by atoms with Gasteiger partial charge < -0.3 is 34.0 Å². The summed E-state index contributed by atoms with van der Waals surface area (Å²) in [6.07, 6.45) is 4.65. The number of allylic oxidation sites excluding steroid dienone is 1. The second-order valence-corrected chi connectivity index (χ2v) is 13.5. The van der Waals surface area contributed by atoms with E-state index in [2.05, 4.69) is 15.9 Å². The van der Waals surface area contributed by atoms with Crippen LogP contribution in [0.25, 0.3) is 0 Å². The monoisotopic (exact) mass is 721 g/mol. The number of benzene rings is 2. The Morgan fingerprint density at radius 3 is 2.42 bits per heavy atom. The molecule has 11 nitrogen and oxygen atoms in total. The number of cyclic esters (lactones) is 1. The van der Waals surface area contributed by atoms with Crippen molar-refractivity contribution in [2.75, 3.05) is 38.8 Å². The summed E-state index contributed by atoms with van der Waals surface area (Å²) in [5.41, 5.74) is -0.186. The van der Waals surface area contributed by atoms with E-state index >= 15 is 0 Å². The zero-order valence-corrected chi connectivity index (χ0v) is 28.7. The summed E-state index contributed by atoms with van der Waals surface area (Å²) in [6.45, 7) is 1.89.